The van der Waals surface area contributed by atoms with Crippen LogP contribution >= 0.6 is 35.6 Å². The van der Waals surface area contributed by atoms with Gasteiger partial charge in [0, 0.05) is 41.3 Å². The number of nitrogens with one attached hydrogen (secondary N) is 1. The summed E-state index contributed by atoms with van der Waals surface area (Å²) in [5.41, 5.74) is 0.469. The van der Waals surface area contributed by atoms with E-state index in [9.17, 15) is 8.42 Å². The minimum absolute atomic E-state index is 0. The first kappa shape index (κ1) is 18.0. The predicted molar refractivity (Wildman–Crippen MR) is 85.4 cm³/mol. The van der Waals surface area contributed by atoms with Crippen LogP contribution in [0.25, 0.3) is 0 Å². The van der Waals surface area contributed by atoms with Gasteiger partial charge in [-0.25, -0.2) is 8.42 Å². The van der Waals surface area contributed by atoms with Crippen molar-refractivity contribution in [3.05, 3.63) is 33.8 Å². The van der Waals surface area contributed by atoms with Crippen molar-refractivity contribution in [2.75, 3.05) is 19.6 Å². The third-order valence-electron chi connectivity index (χ3n) is 3.19. The fourth-order valence-electron chi connectivity index (χ4n) is 2.17. The first-order valence-corrected chi connectivity index (χ1v) is 8.41. The average Bonchev–Trinajstić information content (AvgIpc) is 2.34. The summed E-state index contributed by atoms with van der Waals surface area (Å²) < 4.78 is 26.4. The molecule has 0 bridgehead atoms. The molecule has 1 aromatic rings. The van der Waals surface area contributed by atoms with Gasteiger partial charge in [-0.05, 0) is 19.1 Å². The van der Waals surface area contributed by atoms with Gasteiger partial charge < -0.3 is 5.32 Å². The van der Waals surface area contributed by atoms with Crippen molar-refractivity contribution in [1.29, 1.82) is 0 Å². The molecule has 0 spiro atoms. The van der Waals surface area contributed by atoms with Crippen molar-refractivity contribution in [2.45, 2.75) is 18.7 Å². The van der Waals surface area contributed by atoms with Crippen molar-refractivity contribution >= 4 is 45.6 Å². The molecule has 1 aliphatic heterocycles. The van der Waals surface area contributed by atoms with Crippen LogP contribution < -0.4 is 5.32 Å². The molecule has 0 radical (unpaired) electrons. The number of sulfonamides is 1. The van der Waals surface area contributed by atoms with Crippen molar-refractivity contribution in [2.24, 2.45) is 0 Å². The monoisotopic (exact) mass is 358 g/mol. The van der Waals surface area contributed by atoms with Gasteiger partial charge in [-0.3, -0.25) is 0 Å². The quantitative estimate of drug-likeness (QED) is 0.902. The second kappa shape index (κ2) is 7.29. The van der Waals surface area contributed by atoms with E-state index in [4.69, 9.17) is 23.2 Å². The van der Waals surface area contributed by atoms with Crippen LogP contribution in [0.4, 0.5) is 0 Å². The van der Waals surface area contributed by atoms with E-state index in [2.05, 4.69) is 5.32 Å². The minimum Gasteiger partial charge on any atom is -0.314 e. The van der Waals surface area contributed by atoms with Crippen LogP contribution in [0.15, 0.2) is 18.2 Å². The maximum Gasteiger partial charge on any atom is 0.218 e. The summed E-state index contributed by atoms with van der Waals surface area (Å²) in [6.45, 7) is 3.69. The van der Waals surface area contributed by atoms with E-state index < -0.39 is 10.0 Å². The van der Waals surface area contributed by atoms with E-state index in [0.717, 1.165) is 0 Å². The summed E-state index contributed by atoms with van der Waals surface area (Å²) in [5, 5.41) is 3.94. The molecular weight excluding hydrogens is 343 g/mol. The van der Waals surface area contributed by atoms with Gasteiger partial charge in [0.05, 0.1) is 5.75 Å². The summed E-state index contributed by atoms with van der Waals surface area (Å²) in [4.78, 5) is 0. The molecule has 1 heterocycles. The number of halogens is 3. The van der Waals surface area contributed by atoms with Gasteiger partial charge in [0.25, 0.3) is 0 Å². The lowest BCUT2D eigenvalue weighted by Crippen LogP contribution is -2.52. The second-order valence-corrected chi connectivity index (χ2v) is 7.36. The molecule has 1 unspecified atom stereocenters. The molecule has 114 valence electrons. The van der Waals surface area contributed by atoms with E-state index in [1.165, 1.54) is 4.31 Å². The highest BCUT2D eigenvalue weighted by atomic mass is 35.5. The highest BCUT2D eigenvalue weighted by Crippen LogP contribution is 2.27. The van der Waals surface area contributed by atoms with Crippen LogP contribution in [-0.2, 0) is 15.8 Å². The third-order valence-corrected chi connectivity index (χ3v) is 5.80. The summed E-state index contributed by atoms with van der Waals surface area (Å²) in [6.07, 6.45) is 0. The summed E-state index contributed by atoms with van der Waals surface area (Å²) >= 11 is 12.1. The van der Waals surface area contributed by atoms with Gasteiger partial charge in [-0.2, -0.15) is 4.31 Å². The van der Waals surface area contributed by atoms with Crippen molar-refractivity contribution in [3.8, 4) is 0 Å². The molecule has 0 aliphatic carbocycles. The van der Waals surface area contributed by atoms with Gasteiger partial charge in [0.15, 0.2) is 0 Å². The molecule has 2 rings (SSSR count). The Morgan fingerprint density at radius 2 is 1.95 bits per heavy atom. The topological polar surface area (TPSA) is 49.4 Å². The first-order chi connectivity index (χ1) is 8.92. The summed E-state index contributed by atoms with van der Waals surface area (Å²) in [6, 6.07) is 4.95. The Morgan fingerprint density at radius 1 is 1.35 bits per heavy atom. The largest absolute Gasteiger partial charge is 0.314 e. The van der Waals surface area contributed by atoms with Crippen LogP contribution in [0.2, 0.25) is 10.0 Å². The zero-order valence-corrected chi connectivity index (χ0v) is 14.1. The van der Waals surface area contributed by atoms with Crippen LogP contribution in [0.3, 0.4) is 0 Å². The van der Waals surface area contributed by atoms with E-state index in [-0.39, 0.29) is 24.2 Å². The second-order valence-electron chi connectivity index (χ2n) is 4.62. The molecule has 4 nitrogen and oxygen atoms in total. The average molecular weight is 360 g/mol. The number of rotatable bonds is 3. The molecule has 1 aromatic carbocycles. The molecule has 1 fully saturated rings. The molecule has 8 heteroatoms. The van der Waals surface area contributed by atoms with Gasteiger partial charge >= 0.3 is 0 Å². The van der Waals surface area contributed by atoms with Crippen molar-refractivity contribution < 1.29 is 8.42 Å². The highest BCUT2D eigenvalue weighted by Gasteiger charge is 2.30. The maximum atomic E-state index is 12.5. The molecule has 1 saturated heterocycles. The highest BCUT2D eigenvalue weighted by molar-refractivity contribution is 7.88. The molecular formula is C12H17Cl3N2O2S. The Balaban J connectivity index is 0.00000200. The van der Waals surface area contributed by atoms with Crippen molar-refractivity contribution in [1.82, 2.24) is 9.62 Å². The van der Waals surface area contributed by atoms with Gasteiger partial charge in [0.1, 0.15) is 0 Å². The Bertz CT molecular complexity index is 546. The molecule has 0 amide bonds. The van der Waals surface area contributed by atoms with E-state index in [1.807, 2.05) is 6.92 Å². The van der Waals surface area contributed by atoms with Gasteiger partial charge in [-0.15, -0.1) is 12.4 Å². The smallest absolute Gasteiger partial charge is 0.218 e. The van der Waals surface area contributed by atoms with Gasteiger partial charge in [0.2, 0.25) is 10.0 Å². The zero-order valence-electron chi connectivity index (χ0n) is 11.0. The Labute approximate surface area is 135 Å². The van der Waals surface area contributed by atoms with E-state index in [1.54, 1.807) is 18.2 Å². The minimum atomic E-state index is -3.41. The summed E-state index contributed by atoms with van der Waals surface area (Å²) in [7, 11) is -3.41. The lowest BCUT2D eigenvalue weighted by Gasteiger charge is -2.33. The third kappa shape index (κ3) is 4.00. The Kier molecular flexibility index (Phi) is 6.57. The molecule has 0 saturated carbocycles. The number of hydrogen-bond acceptors (Lipinski definition) is 3. The first-order valence-electron chi connectivity index (χ1n) is 6.05. The van der Waals surface area contributed by atoms with E-state index in [0.29, 0.717) is 35.2 Å². The fraction of sp³-hybridized carbons (Fsp3) is 0.500. The predicted octanol–water partition coefficient (Wildman–Crippen LogP) is 2.54. The maximum absolute atomic E-state index is 12.5. The Hall–Kier alpha value is -0.0400. The van der Waals surface area contributed by atoms with Crippen LogP contribution in [0, 0.1) is 0 Å². The molecule has 1 atom stereocenters. The molecule has 1 N–H and O–H groups in total. The molecule has 20 heavy (non-hydrogen) atoms. The number of hydrogen-bond donors (Lipinski definition) is 1. The van der Waals surface area contributed by atoms with Crippen molar-refractivity contribution in [3.63, 3.8) is 0 Å². The normalized spacial score (nSPS) is 20.4. The van der Waals surface area contributed by atoms with Crippen LogP contribution in [-0.4, -0.2) is 38.4 Å². The summed E-state index contributed by atoms with van der Waals surface area (Å²) in [5.74, 6) is -0.157. The van der Waals surface area contributed by atoms with Crippen LogP contribution in [0.5, 0.6) is 0 Å². The number of benzene rings is 1. The lowest BCUT2D eigenvalue weighted by molar-refractivity contribution is 0.283. The lowest BCUT2D eigenvalue weighted by atomic mass is 10.2. The van der Waals surface area contributed by atoms with Gasteiger partial charge in [-0.1, -0.05) is 29.3 Å². The fourth-order valence-corrected chi connectivity index (χ4v) is 4.69. The number of piperazine rings is 1. The Morgan fingerprint density at radius 3 is 2.50 bits per heavy atom. The molecule has 1 aliphatic rings. The zero-order chi connectivity index (χ0) is 14.0. The standard InChI is InChI=1S/C12H16Cl2N2O2S.ClH/c1-9-7-15-5-6-16(9)19(17,18)8-10-11(13)3-2-4-12(10)14;/h2-4,9,15H,5-8H2,1H3;1H. The van der Waals surface area contributed by atoms with E-state index >= 15 is 0 Å². The molecule has 0 aromatic heterocycles. The van der Waals surface area contributed by atoms with Crippen LogP contribution in [0.1, 0.15) is 12.5 Å². The SMILES string of the molecule is CC1CNCCN1S(=O)(=O)Cc1c(Cl)cccc1Cl.Cl. The number of nitrogens with zero attached hydrogens (tertiary/aromatic N) is 1.